The molecule has 1 aliphatic rings. The summed E-state index contributed by atoms with van der Waals surface area (Å²) in [5, 5.41) is 2.93. The molecule has 23 heavy (non-hydrogen) atoms. The van der Waals surface area contributed by atoms with Crippen LogP contribution in [0.2, 0.25) is 0 Å². The fourth-order valence-electron chi connectivity index (χ4n) is 2.42. The van der Waals surface area contributed by atoms with Crippen molar-refractivity contribution in [1.82, 2.24) is 10.3 Å². The molecule has 0 radical (unpaired) electrons. The fourth-order valence-corrected chi connectivity index (χ4v) is 2.42. The van der Waals surface area contributed by atoms with Crippen LogP contribution in [0, 0.1) is 0 Å². The Bertz CT molecular complexity index is 497. The Morgan fingerprint density at radius 2 is 2.09 bits per heavy atom. The van der Waals surface area contributed by atoms with E-state index in [0.29, 0.717) is 11.3 Å². The largest absolute Gasteiger partial charge is 0.322 e. The first-order valence-corrected chi connectivity index (χ1v) is 6.87. The summed E-state index contributed by atoms with van der Waals surface area (Å²) in [6.45, 7) is 1.17. The Morgan fingerprint density at radius 1 is 1.43 bits per heavy atom. The summed E-state index contributed by atoms with van der Waals surface area (Å²) in [6.07, 6.45) is 0.987. The van der Waals surface area contributed by atoms with Crippen molar-refractivity contribution in [1.29, 1.82) is 0 Å². The van der Waals surface area contributed by atoms with Crippen molar-refractivity contribution in [3.63, 3.8) is 0 Å². The molecule has 2 rings (SSSR count). The number of aromatic nitrogens is 1. The number of nitrogens with one attached hydrogen (secondary N) is 1. The third-order valence-electron chi connectivity index (χ3n) is 3.82. The van der Waals surface area contributed by atoms with Gasteiger partial charge in [0.1, 0.15) is 0 Å². The van der Waals surface area contributed by atoms with Crippen molar-refractivity contribution >= 4 is 24.8 Å². The van der Waals surface area contributed by atoms with Gasteiger partial charge in [0.25, 0.3) is 11.8 Å². The van der Waals surface area contributed by atoms with Gasteiger partial charge < -0.3 is 11.1 Å². The molecule has 9 heteroatoms. The van der Waals surface area contributed by atoms with E-state index in [1.54, 1.807) is 0 Å². The van der Waals surface area contributed by atoms with E-state index in [2.05, 4.69) is 10.3 Å². The van der Waals surface area contributed by atoms with Gasteiger partial charge in [-0.25, -0.2) is 17.6 Å². The van der Waals surface area contributed by atoms with Crippen LogP contribution in [-0.4, -0.2) is 36.0 Å². The van der Waals surface area contributed by atoms with Gasteiger partial charge in [-0.05, 0) is 17.7 Å². The van der Waals surface area contributed by atoms with Gasteiger partial charge in [-0.15, -0.1) is 24.8 Å². The lowest BCUT2D eigenvalue weighted by molar-refractivity contribution is -0.0480. The molecule has 1 fully saturated rings. The van der Waals surface area contributed by atoms with E-state index in [9.17, 15) is 17.6 Å². The first-order chi connectivity index (χ1) is 9.70. The van der Waals surface area contributed by atoms with Gasteiger partial charge in [0.15, 0.2) is 0 Å². The highest BCUT2D eigenvalue weighted by Crippen LogP contribution is 2.37. The van der Waals surface area contributed by atoms with E-state index < -0.39 is 23.8 Å². The zero-order valence-electron chi connectivity index (χ0n) is 12.6. The van der Waals surface area contributed by atoms with E-state index >= 15 is 0 Å². The number of piperidine rings is 1. The maximum atomic E-state index is 13.9. The number of hydrogen-bond donors (Lipinski definition) is 2. The van der Waals surface area contributed by atoms with Crippen molar-refractivity contribution in [2.45, 2.75) is 43.6 Å². The molecule has 0 aromatic carbocycles. The second kappa shape index (κ2) is 8.46. The number of pyridine rings is 1. The third kappa shape index (κ3) is 5.74. The van der Waals surface area contributed by atoms with Crippen LogP contribution in [-0.2, 0) is 6.42 Å². The highest BCUT2D eigenvalue weighted by Gasteiger charge is 2.42. The minimum atomic E-state index is -3.03. The van der Waals surface area contributed by atoms with Crippen LogP contribution < -0.4 is 11.1 Å². The van der Waals surface area contributed by atoms with Crippen molar-refractivity contribution in [2.75, 3.05) is 13.1 Å². The summed E-state index contributed by atoms with van der Waals surface area (Å²) in [7, 11) is 0. The molecule has 2 unspecified atom stereocenters. The topological polar surface area (TPSA) is 50.9 Å². The Labute approximate surface area is 145 Å². The van der Waals surface area contributed by atoms with Crippen molar-refractivity contribution < 1.29 is 17.6 Å². The van der Waals surface area contributed by atoms with E-state index in [4.69, 9.17) is 5.73 Å². The fraction of sp³-hybridized carbons (Fsp3) is 0.643. The van der Waals surface area contributed by atoms with E-state index in [-0.39, 0.29) is 50.7 Å². The summed E-state index contributed by atoms with van der Waals surface area (Å²) in [5.74, 6) is -6.80. The zero-order valence-corrected chi connectivity index (χ0v) is 14.2. The van der Waals surface area contributed by atoms with Crippen LogP contribution >= 0.6 is 24.8 Å². The quantitative estimate of drug-likeness (QED) is 0.792. The minimum absolute atomic E-state index is 0. The van der Waals surface area contributed by atoms with Gasteiger partial charge in [-0.3, -0.25) is 4.98 Å². The standard InChI is InChI=1S/C14H19F4N3.2ClH/c1-13(15,16)12(19)7-10-6-9(2-4-21-10)11-8-20-5-3-14(11,17)18;;/h2,4,6,11-12,20H,3,5,7-8,19H2,1H3;2*1H. The molecule has 0 amide bonds. The molecule has 1 saturated heterocycles. The van der Waals surface area contributed by atoms with Gasteiger partial charge >= 0.3 is 0 Å². The molecule has 134 valence electrons. The van der Waals surface area contributed by atoms with Crippen LogP contribution in [0.1, 0.15) is 30.5 Å². The second-order valence-corrected chi connectivity index (χ2v) is 5.62. The molecule has 0 aliphatic carbocycles. The van der Waals surface area contributed by atoms with Crippen LogP contribution in [0.3, 0.4) is 0 Å². The van der Waals surface area contributed by atoms with Crippen molar-refractivity contribution in [3.05, 3.63) is 29.6 Å². The number of hydrogen-bond acceptors (Lipinski definition) is 3. The molecule has 1 aromatic heterocycles. The molecule has 0 bridgehead atoms. The maximum absolute atomic E-state index is 13.9. The number of nitrogens with zero attached hydrogens (tertiary/aromatic N) is 1. The molecule has 1 aliphatic heterocycles. The van der Waals surface area contributed by atoms with E-state index in [1.807, 2.05) is 0 Å². The molecule has 3 N–H and O–H groups in total. The van der Waals surface area contributed by atoms with Crippen LogP contribution in [0.15, 0.2) is 18.3 Å². The summed E-state index contributed by atoms with van der Waals surface area (Å²) >= 11 is 0. The predicted octanol–water partition coefficient (Wildman–Crippen LogP) is 3.16. The van der Waals surface area contributed by atoms with Crippen LogP contribution in [0.25, 0.3) is 0 Å². The lowest BCUT2D eigenvalue weighted by Gasteiger charge is -2.32. The normalized spacial score (nSPS) is 21.7. The first kappa shape index (κ1) is 22.4. The molecule has 2 heterocycles. The molecular formula is C14H21Cl2F4N3. The molecule has 0 spiro atoms. The zero-order chi connectivity index (χ0) is 15.7. The molecule has 3 nitrogen and oxygen atoms in total. The summed E-state index contributed by atoms with van der Waals surface area (Å²) in [6, 6.07) is 1.58. The van der Waals surface area contributed by atoms with Crippen LogP contribution in [0.5, 0.6) is 0 Å². The Kier molecular flexibility index (Phi) is 8.23. The van der Waals surface area contributed by atoms with Crippen LogP contribution in [0.4, 0.5) is 17.6 Å². The number of halogens is 6. The van der Waals surface area contributed by atoms with Crippen molar-refractivity contribution in [2.24, 2.45) is 5.73 Å². The highest BCUT2D eigenvalue weighted by molar-refractivity contribution is 5.85. The Hall–Kier alpha value is -0.630. The van der Waals surface area contributed by atoms with Gasteiger partial charge in [-0.1, -0.05) is 0 Å². The van der Waals surface area contributed by atoms with Gasteiger partial charge in [-0.2, -0.15) is 0 Å². The average molecular weight is 378 g/mol. The summed E-state index contributed by atoms with van der Waals surface area (Å²) < 4.78 is 54.1. The maximum Gasteiger partial charge on any atom is 0.260 e. The first-order valence-electron chi connectivity index (χ1n) is 6.87. The van der Waals surface area contributed by atoms with Gasteiger partial charge in [0.05, 0.1) is 12.0 Å². The minimum Gasteiger partial charge on any atom is -0.322 e. The van der Waals surface area contributed by atoms with Gasteiger partial charge in [0, 0.05) is 44.7 Å². The SMILES string of the molecule is CC(F)(F)C(N)Cc1cc(C2CNCCC2(F)F)ccn1.Cl.Cl. The molecule has 0 saturated carbocycles. The summed E-state index contributed by atoms with van der Waals surface area (Å²) in [4.78, 5) is 3.96. The number of alkyl halides is 4. The smallest absolute Gasteiger partial charge is 0.260 e. The average Bonchev–Trinajstić information content (AvgIpc) is 2.37. The molecule has 2 atom stereocenters. The second-order valence-electron chi connectivity index (χ2n) is 5.62. The number of rotatable bonds is 4. The monoisotopic (exact) mass is 377 g/mol. The Morgan fingerprint density at radius 3 is 2.65 bits per heavy atom. The Balaban J connectivity index is 0.00000242. The predicted molar refractivity (Wildman–Crippen MR) is 86.2 cm³/mol. The molecule has 1 aromatic rings. The lowest BCUT2D eigenvalue weighted by atomic mass is 9.88. The molecular weight excluding hydrogens is 357 g/mol. The number of nitrogens with two attached hydrogens (primary N) is 1. The highest BCUT2D eigenvalue weighted by atomic mass is 35.5. The van der Waals surface area contributed by atoms with E-state index in [0.717, 1.165) is 6.92 Å². The summed E-state index contributed by atoms with van der Waals surface area (Å²) in [5.41, 5.74) is 6.13. The van der Waals surface area contributed by atoms with Gasteiger partial charge in [0.2, 0.25) is 0 Å². The van der Waals surface area contributed by atoms with E-state index in [1.165, 1.54) is 18.3 Å². The lowest BCUT2D eigenvalue weighted by Crippen LogP contribution is -2.43. The third-order valence-corrected chi connectivity index (χ3v) is 3.82. The van der Waals surface area contributed by atoms with Crippen molar-refractivity contribution in [3.8, 4) is 0 Å².